The number of nitrogens with zero attached hydrogens (tertiary/aromatic N) is 3. The lowest BCUT2D eigenvalue weighted by Crippen LogP contribution is -2.16. The summed E-state index contributed by atoms with van der Waals surface area (Å²) in [4.78, 5) is 13.8. The summed E-state index contributed by atoms with van der Waals surface area (Å²) in [5, 5.41) is 14.5. The Morgan fingerprint density at radius 2 is 2.07 bits per heavy atom. The Morgan fingerprint density at radius 1 is 1.17 bits per heavy atom. The highest BCUT2D eigenvalue weighted by Gasteiger charge is 2.17. The highest BCUT2D eigenvalue weighted by Crippen LogP contribution is 2.23. The minimum atomic E-state index is -0.0618. The van der Waals surface area contributed by atoms with E-state index in [0.29, 0.717) is 18.1 Å². The molecule has 0 aliphatic heterocycles. The zero-order chi connectivity index (χ0) is 20.8. The summed E-state index contributed by atoms with van der Waals surface area (Å²) in [6, 6.07) is 15.8. The van der Waals surface area contributed by atoms with Crippen molar-refractivity contribution < 1.29 is 9.21 Å². The lowest BCUT2D eigenvalue weighted by atomic mass is 10.1. The molecular weight excluding hydrogens is 416 g/mol. The molecular formula is C22H22N4O2S2. The molecule has 0 unspecified atom stereocenters. The fourth-order valence-corrected chi connectivity index (χ4v) is 4.57. The quantitative estimate of drug-likeness (QED) is 0.378. The molecule has 4 rings (SSSR count). The average molecular weight is 439 g/mol. The Labute approximate surface area is 183 Å². The Kier molecular flexibility index (Phi) is 6.66. The molecule has 0 spiro atoms. The second-order valence-electron chi connectivity index (χ2n) is 6.67. The van der Waals surface area contributed by atoms with Crippen molar-refractivity contribution in [1.82, 2.24) is 14.8 Å². The fraction of sp³-hybridized carbons (Fsp3) is 0.227. The van der Waals surface area contributed by atoms with Crippen LogP contribution in [0.4, 0.5) is 5.69 Å². The van der Waals surface area contributed by atoms with E-state index in [0.717, 1.165) is 29.3 Å². The predicted octanol–water partition coefficient (Wildman–Crippen LogP) is 4.86. The molecule has 4 aromatic rings. The third-order valence-electron chi connectivity index (χ3n) is 4.60. The number of para-hydroxylation sites is 1. The van der Waals surface area contributed by atoms with Gasteiger partial charge in [0.1, 0.15) is 11.6 Å². The molecule has 0 atom stereocenters. The normalized spacial score (nSPS) is 11.0. The van der Waals surface area contributed by atoms with E-state index in [1.807, 2.05) is 47.0 Å². The smallest absolute Gasteiger partial charge is 0.234 e. The van der Waals surface area contributed by atoms with Gasteiger partial charge in [-0.25, -0.2) is 0 Å². The lowest BCUT2D eigenvalue weighted by Gasteiger charge is -2.10. The van der Waals surface area contributed by atoms with Gasteiger partial charge in [0.25, 0.3) is 0 Å². The Morgan fingerprint density at radius 3 is 2.83 bits per heavy atom. The van der Waals surface area contributed by atoms with Crippen LogP contribution in [0.1, 0.15) is 28.9 Å². The van der Waals surface area contributed by atoms with E-state index in [2.05, 4.69) is 33.9 Å². The number of furan rings is 1. The van der Waals surface area contributed by atoms with Gasteiger partial charge >= 0.3 is 0 Å². The van der Waals surface area contributed by atoms with Crippen molar-refractivity contribution in [2.24, 2.45) is 0 Å². The van der Waals surface area contributed by atoms with Crippen LogP contribution in [0.25, 0.3) is 0 Å². The molecule has 1 N–H and O–H groups in total. The first-order valence-corrected chi connectivity index (χ1v) is 11.6. The van der Waals surface area contributed by atoms with E-state index in [9.17, 15) is 4.79 Å². The summed E-state index contributed by atoms with van der Waals surface area (Å²) in [5.74, 6) is 1.87. The number of hydrogen-bond donors (Lipinski definition) is 1. The third kappa shape index (κ3) is 5.01. The average Bonchev–Trinajstić information content (AvgIpc) is 3.52. The maximum atomic E-state index is 12.5. The first-order valence-electron chi connectivity index (χ1n) is 9.70. The van der Waals surface area contributed by atoms with Crippen molar-refractivity contribution in [3.05, 3.63) is 82.2 Å². The van der Waals surface area contributed by atoms with Crippen LogP contribution in [0.5, 0.6) is 0 Å². The molecule has 0 saturated heterocycles. The van der Waals surface area contributed by atoms with Crippen LogP contribution in [0.3, 0.4) is 0 Å². The van der Waals surface area contributed by atoms with Crippen LogP contribution in [-0.2, 0) is 24.2 Å². The molecule has 6 nitrogen and oxygen atoms in total. The van der Waals surface area contributed by atoms with Gasteiger partial charge in [-0.05, 0) is 41.6 Å². The molecule has 0 fully saturated rings. The Bertz CT molecular complexity index is 1090. The second kappa shape index (κ2) is 9.77. The monoisotopic (exact) mass is 438 g/mol. The summed E-state index contributed by atoms with van der Waals surface area (Å²) in [6.07, 6.45) is 3.22. The zero-order valence-electron chi connectivity index (χ0n) is 16.6. The topological polar surface area (TPSA) is 73.0 Å². The first kappa shape index (κ1) is 20.4. The highest BCUT2D eigenvalue weighted by molar-refractivity contribution is 7.99. The van der Waals surface area contributed by atoms with Crippen LogP contribution in [0.2, 0.25) is 0 Å². The van der Waals surface area contributed by atoms with E-state index in [1.54, 1.807) is 17.6 Å². The molecule has 1 aromatic carbocycles. The van der Waals surface area contributed by atoms with Gasteiger partial charge in [0, 0.05) is 17.0 Å². The van der Waals surface area contributed by atoms with Gasteiger partial charge in [0.05, 0.1) is 18.6 Å². The number of aryl methyl sites for hydroxylation is 1. The third-order valence-corrected chi connectivity index (χ3v) is 6.45. The SMILES string of the molecule is CCc1ccccc1NC(=O)CSc1nnc(Cc2cccs2)n1Cc1ccco1. The number of rotatable bonds is 9. The van der Waals surface area contributed by atoms with Crippen molar-refractivity contribution in [2.75, 3.05) is 11.1 Å². The summed E-state index contributed by atoms with van der Waals surface area (Å²) in [6.45, 7) is 2.61. The van der Waals surface area contributed by atoms with E-state index in [4.69, 9.17) is 4.42 Å². The van der Waals surface area contributed by atoms with Gasteiger partial charge < -0.3 is 9.73 Å². The van der Waals surface area contributed by atoms with E-state index < -0.39 is 0 Å². The van der Waals surface area contributed by atoms with E-state index in [-0.39, 0.29) is 11.7 Å². The molecule has 8 heteroatoms. The molecule has 0 aliphatic rings. The molecule has 0 bridgehead atoms. The molecule has 3 aromatic heterocycles. The minimum absolute atomic E-state index is 0.0618. The minimum Gasteiger partial charge on any atom is -0.467 e. The van der Waals surface area contributed by atoms with Crippen molar-refractivity contribution >= 4 is 34.7 Å². The zero-order valence-corrected chi connectivity index (χ0v) is 18.2. The number of carbonyl (C=O) groups is 1. The van der Waals surface area contributed by atoms with Crippen molar-refractivity contribution in [3.8, 4) is 0 Å². The number of thioether (sulfide) groups is 1. The molecule has 0 radical (unpaired) electrons. The summed E-state index contributed by atoms with van der Waals surface area (Å²) in [5.41, 5.74) is 1.98. The number of thiophene rings is 1. The first-order chi connectivity index (χ1) is 14.7. The maximum Gasteiger partial charge on any atom is 0.234 e. The second-order valence-corrected chi connectivity index (χ2v) is 8.64. The van der Waals surface area contributed by atoms with Crippen LogP contribution in [0, 0.1) is 0 Å². The number of nitrogens with one attached hydrogen (secondary N) is 1. The fourth-order valence-electron chi connectivity index (χ4n) is 3.11. The van der Waals surface area contributed by atoms with Gasteiger partial charge in [-0.2, -0.15) is 0 Å². The Hall–Kier alpha value is -2.84. The maximum absolute atomic E-state index is 12.5. The summed E-state index contributed by atoms with van der Waals surface area (Å²) >= 11 is 3.07. The lowest BCUT2D eigenvalue weighted by molar-refractivity contribution is -0.113. The van der Waals surface area contributed by atoms with Gasteiger partial charge in [-0.3, -0.25) is 9.36 Å². The number of carbonyl (C=O) groups excluding carboxylic acids is 1. The molecule has 0 aliphatic carbocycles. The van der Waals surface area contributed by atoms with Crippen LogP contribution >= 0.6 is 23.1 Å². The number of anilines is 1. The van der Waals surface area contributed by atoms with Crippen molar-refractivity contribution in [3.63, 3.8) is 0 Å². The molecule has 3 heterocycles. The van der Waals surface area contributed by atoms with Gasteiger partial charge in [0.2, 0.25) is 5.91 Å². The van der Waals surface area contributed by atoms with Crippen molar-refractivity contribution in [2.45, 2.75) is 31.5 Å². The Balaban J connectivity index is 1.47. The van der Waals surface area contributed by atoms with Gasteiger partial charge in [0.15, 0.2) is 5.16 Å². The molecule has 30 heavy (non-hydrogen) atoms. The predicted molar refractivity (Wildman–Crippen MR) is 120 cm³/mol. The summed E-state index contributed by atoms with van der Waals surface area (Å²) in [7, 11) is 0. The standard InChI is InChI=1S/C22H22N4O2S2/c1-2-16-7-3-4-10-19(16)23-21(27)15-30-22-25-24-20(13-18-9-6-12-29-18)26(22)14-17-8-5-11-28-17/h3-12H,2,13-15H2,1H3,(H,23,27). The number of hydrogen-bond acceptors (Lipinski definition) is 6. The van der Waals surface area contributed by atoms with E-state index >= 15 is 0 Å². The van der Waals surface area contributed by atoms with Crippen molar-refractivity contribution in [1.29, 1.82) is 0 Å². The summed E-state index contributed by atoms with van der Waals surface area (Å²) < 4.78 is 7.54. The van der Waals surface area contributed by atoms with Crippen LogP contribution < -0.4 is 5.32 Å². The molecule has 0 saturated carbocycles. The van der Waals surface area contributed by atoms with Crippen LogP contribution in [-0.4, -0.2) is 26.4 Å². The van der Waals surface area contributed by atoms with Gasteiger partial charge in [-0.15, -0.1) is 21.5 Å². The number of aromatic nitrogens is 3. The number of amides is 1. The largest absolute Gasteiger partial charge is 0.467 e. The molecule has 1 amide bonds. The highest BCUT2D eigenvalue weighted by atomic mass is 32.2. The molecule has 154 valence electrons. The van der Waals surface area contributed by atoms with Crippen LogP contribution in [0.15, 0.2) is 69.7 Å². The number of benzene rings is 1. The van der Waals surface area contributed by atoms with Gasteiger partial charge in [-0.1, -0.05) is 43.0 Å². The van der Waals surface area contributed by atoms with E-state index in [1.165, 1.54) is 16.6 Å².